The van der Waals surface area contributed by atoms with E-state index in [1.807, 2.05) is 0 Å². The highest BCUT2D eigenvalue weighted by Gasteiger charge is 2.28. The highest BCUT2D eigenvalue weighted by atomic mass is 15.2. The molecule has 0 aromatic heterocycles. The van der Waals surface area contributed by atoms with Crippen LogP contribution >= 0.6 is 0 Å². The summed E-state index contributed by atoms with van der Waals surface area (Å²) in [5.74, 6) is 0. The van der Waals surface area contributed by atoms with Crippen LogP contribution in [0.4, 0.5) is 0 Å². The van der Waals surface area contributed by atoms with E-state index in [2.05, 4.69) is 4.90 Å². The summed E-state index contributed by atoms with van der Waals surface area (Å²) in [5, 5.41) is 0. The third kappa shape index (κ3) is 2.29. The van der Waals surface area contributed by atoms with Crippen LogP contribution in [0.1, 0.15) is 51.4 Å². The summed E-state index contributed by atoms with van der Waals surface area (Å²) in [6.07, 6.45) is 11.3. The predicted octanol–water partition coefficient (Wildman–Crippen LogP) is 2.13. The number of likely N-dealkylation sites (tertiary alicyclic amines) is 1. The fraction of sp³-hybridized carbons (Fsp3) is 1.00. The summed E-state index contributed by atoms with van der Waals surface area (Å²) in [6.45, 7) is 2.18. The topological polar surface area (TPSA) is 29.3 Å². The van der Waals surface area contributed by atoms with Crippen LogP contribution in [0.15, 0.2) is 0 Å². The molecule has 14 heavy (non-hydrogen) atoms. The molecule has 0 amide bonds. The highest BCUT2D eigenvalue weighted by Crippen LogP contribution is 2.28. The Balaban J connectivity index is 1.96. The molecule has 1 saturated carbocycles. The zero-order valence-electron chi connectivity index (χ0n) is 9.25. The number of nitrogens with two attached hydrogens (primary N) is 1. The van der Waals surface area contributed by atoms with E-state index in [0.29, 0.717) is 6.04 Å². The Hall–Kier alpha value is -0.0800. The minimum Gasteiger partial charge on any atom is -0.329 e. The van der Waals surface area contributed by atoms with Gasteiger partial charge in [0.25, 0.3) is 0 Å². The van der Waals surface area contributed by atoms with Gasteiger partial charge in [-0.2, -0.15) is 0 Å². The maximum Gasteiger partial charge on any atom is 0.0221 e. The first-order valence-electron chi connectivity index (χ1n) is 6.37. The lowest BCUT2D eigenvalue weighted by Gasteiger charge is -2.34. The fourth-order valence-electron chi connectivity index (χ4n) is 3.17. The molecule has 0 aromatic rings. The van der Waals surface area contributed by atoms with Gasteiger partial charge in [0, 0.05) is 18.6 Å². The van der Waals surface area contributed by atoms with Crippen molar-refractivity contribution in [3.05, 3.63) is 0 Å². The fourth-order valence-corrected chi connectivity index (χ4v) is 3.17. The monoisotopic (exact) mass is 196 g/mol. The molecule has 82 valence electrons. The molecular formula is C12H24N2. The Labute approximate surface area is 87.8 Å². The SMILES string of the molecule is NCC1CCCCCN1C1CCCC1. The quantitative estimate of drug-likeness (QED) is 0.733. The average Bonchev–Trinajstić information content (AvgIpc) is 2.63. The molecule has 0 bridgehead atoms. The van der Waals surface area contributed by atoms with Gasteiger partial charge in [-0.1, -0.05) is 25.7 Å². The molecule has 0 radical (unpaired) electrons. The van der Waals surface area contributed by atoms with Crippen LogP contribution in [0.2, 0.25) is 0 Å². The summed E-state index contributed by atoms with van der Waals surface area (Å²) in [5.41, 5.74) is 5.89. The van der Waals surface area contributed by atoms with Gasteiger partial charge in [-0.15, -0.1) is 0 Å². The van der Waals surface area contributed by atoms with Crippen molar-refractivity contribution in [3.63, 3.8) is 0 Å². The van der Waals surface area contributed by atoms with Gasteiger partial charge in [0.2, 0.25) is 0 Å². The molecular weight excluding hydrogens is 172 g/mol. The van der Waals surface area contributed by atoms with Gasteiger partial charge >= 0.3 is 0 Å². The van der Waals surface area contributed by atoms with Gasteiger partial charge < -0.3 is 5.73 Å². The third-order valence-corrected chi connectivity index (χ3v) is 3.99. The predicted molar refractivity (Wildman–Crippen MR) is 60.3 cm³/mol. The van der Waals surface area contributed by atoms with Gasteiger partial charge in [-0.3, -0.25) is 4.90 Å². The van der Waals surface area contributed by atoms with E-state index in [0.717, 1.165) is 12.6 Å². The lowest BCUT2D eigenvalue weighted by molar-refractivity contribution is 0.142. The van der Waals surface area contributed by atoms with E-state index in [1.54, 1.807) is 0 Å². The molecule has 1 atom stereocenters. The van der Waals surface area contributed by atoms with E-state index < -0.39 is 0 Å². The van der Waals surface area contributed by atoms with Crippen LogP contribution in [0, 0.1) is 0 Å². The lowest BCUT2D eigenvalue weighted by Crippen LogP contribution is -2.45. The summed E-state index contributed by atoms with van der Waals surface area (Å²) in [6, 6.07) is 1.57. The molecule has 1 unspecified atom stereocenters. The van der Waals surface area contributed by atoms with Crippen molar-refractivity contribution in [2.24, 2.45) is 5.73 Å². The average molecular weight is 196 g/mol. The minimum absolute atomic E-state index is 0.695. The molecule has 1 heterocycles. The van der Waals surface area contributed by atoms with Crippen molar-refractivity contribution in [2.45, 2.75) is 63.5 Å². The second-order valence-electron chi connectivity index (χ2n) is 4.91. The summed E-state index contributed by atoms with van der Waals surface area (Å²) in [4.78, 5) is 2.74. The Kier molecular flexibility index (Phi) is 3.82. The molecule has 0 spiro atoms. The molecule has 1 aliphatic carbocycles. The van der Waals surface area contributed by atoms with Crippen molar-refractivity contribution in [3.8, 4) is 0 Å². The van der Waals surface area contributed by atoms with Crippen LogP contribution in [0.25, 0.3) is 0 Å². The molecule has 0 aromatic carbocycles. The van der Waals surface area contributed by atoms with Crippen molar-refractivity contribution < 1.29 is 0 Å². The molecule has 2 heteroatoms. The number of rotatable bonds is 2. The maximum absolute atomic E-state index is 5.89. The smallest absolute Gasteiger partial charge is 0.0221 e. The molecule has 2 nitrogen and oxygen atoms in total. The second kappa shape index (κ2) is 5.13. The zero-order valence-corrected chi connectivity index (χ0v) is 9.25. The van der Waals surface area contributed by atoms with E-state index in [4.69, 9.17) is 5.73 Å². The minimum atomic E-state index is 0.695. The third-order valence-electron chi connectivity index (χ3n) is 3.99. The van der Waals surface area contributed by atoms with Gasteiger partial charge in [-0.05, 0) is 32.2 Å². The molecule has 2 fully saturated rings. The normalized spacial score (nSPS) is 31.9. The van der Waals surface area contributed by atoms with E-state index in [9.17, 15) is 0 Å². The number of nitrogens with zero attached hydrogens (tertiary/aromatic N) is 1. The van der Waals surface area contributed by atoms with E-state index >= 15 is 0 Å². The summed E-state index contributed by atoms with van der Waals surface area (Å²) >= 11 is 0. The van der Waals surface area contributed by atoms with Gasteiger partial charge in [0.05, 0.1) is 0 Å². The first-order valence-corrected chi connectivity index (χ1v) is 6.37. The zero-order chi connectivity index (χ0) is 9.80. The van der Waals surface area contributed by atoms with Crippen molar-refractivity contribution in [2.75, 3.05) is 13.1 Å². The Morgan fingerprint density at radius 2 is 1.64 bits per heavy atom. The first-order chi connectivity index (χ1) is 6.92. The van der Waals surface area contributed by atoms with Gasteiger partial charge in [0.1, 0.15) is 0 Å². The van der Waals surface area contributed by atoms with Crippen LogP contribution in [-0.4, -0.2) is 30.1 Å². The Bertz CT molecular complexity index is 164. The van der Waals surface area contributed by atoms with Gasteiger partial charge in [-0.25, -0.2) is 0 Å². The van der Waals surface area contributed by atoms with Crippen LogP contribution in [0.5, 0.6) is 0 Å². The Morgan fingerprint density at radius 3 is 2.36 bits per heavy atom. The van der Waals surface area contributed by atoms with E-state index in [-0.39, 0.29) is 0 Å². The number of hydrogen-bond acceptors (Lipinski definition) is 2. The second-order valence-corrected chi connectivity index (χ2v) is 4.91. The molecule has 2 rings (SSSR count). The lowest BCUT2D eigenvalue weighted by atomic mass is 10.1. The molecule has 2 N–H and O–H groups in total. The van der Waals surface area contributed by atoms with Crippen molar-refractivity contribution in [1.82, 2.24) is 4.90 Å². The maximum atomic E-state index is 5.89. The molecule has 2 aliphatic rings. The standard InChI is InChI=1S/C12H24N2/c13-10-12-8-2-1-5-9-14(12)11-6-3-4-7-11/h11-12H,1-10,13H2. The van der Waals surface area contributed by atoms with Gasteiger partial charge in [0.15, 0.2) is 0 Å². The van der Waals surface area contributed by atoms with Crippen molar-refractivity contribution >= 4 is 0 Å². The van der Waals surface area contributed by atoms with E-state index in [1.165, 1.54) is 57.9 Å². The van der Waals surface area contributed by atoms with Crippen LogP contribution < -0.4 is 5.73 Å². The summed E-state index contributed by atoms with van der Waals surface area (Å²) < 4.78 is 0. The Morgan fingerprint density at radius 1 is 0.929 bits per heavy atom. The molecule has 1 saturated heterocycles. The van der Waals surface area contributed by atoms with Crippen LogP contribution in [0.3, 0.4) is 0 Å². The molecule has 1 aliphatic heterocycles. The largest absolute Gasteiger partial charge is 0.329 e. The first kappa shape index (κ1) is 10.4. The summed E-state index contributed by atoms with van der Waals surface area (Å²) in [7, 11) is 0. The van der Waals surface area contributed by atoms with Crippen molar-refractivity contribution in [1.29, 1.82) is 0 Å². The van der Waals surface area contributed by atoms with Crippen LogP contribution in [-0.2, 0) is 0 Å². The number of hydrogen-bond donors (Lipinski definition) is 1. The highest BCUT2D eigenvalue weighted by molar-refractivity contribution is 4.85.